The Kier molecular flexibility index (Phi) is 9.88. The van der Waals surface area contributed by atoms with Gasteiger partial charge < -0.3 is 24.8 Å². The average Bonchev–Trinajstić information content (AvgIpc) is 2.62. The summed E-state index contributed by atoms with van der Waals surface area (Å²) in [4.78, 5) is 4.60. The van der Waals surface area contributed by atoms with Gasteiger partial charge in [0.25, 0.3) is 0 Å². The zero-order valence-electron chi connectivity index (χ0n) is 17.1. The highest BCUT2D eigenvalue weighted by molar-refractivity contribution is 5.79. The van der Waals surface area contributed by atoms with Crippen LogP contribution >= 0.6 is 0 Å². The third-order valence-electron chi connectivity index (χ3n) is 3.83. The molecule has 1 aromatic rings. The van der Waals surface area contributed by atoms with Crippen molar-refractivity contribution in [1.29, 1.82) is 0 Å². The van der Waals surface area contributed by atoms with E-state index in [1.165, 1.54) is 5.56 Å². The molecule has 0 radical (unpaired) electrons. The van der Waals surface area contributed by atoms with Crippen LogP contribution in [0.3, 0.4) is 0 Å². The Morgan fingerprint density at radius 2 is 1.73 bits per heavy atom. The topological polar surface area (TPSA) is 64.1 Å². The molecule has 0 unspecified atom stereocenters. The van der Waals surface area contributed by atoms with E-state index in [0.29, 0.717) is 19.8 Å². The van der Waals surface area contributed by atoms with Gasteiger partial charge in [0, 0.05) is 20.2 Å². The molecule has 0 aliphatic carbocycles. The summed E-state index contributed by atoms with van der Waals surface area (Å²) < 4.78 is 16.7. The average molecular weight is 366 g/mol. The first kappa shape index (κ1) is 22.1. The molecule has 1 rings (SSSR count). The number of hydrogen-bond acceptors (Lipinski definition) is 4. The molecule has 148 valence electrons. The Hall–Kier alpha value is -1.95. The largest absolute Gasteiger partial charge is 0.490 e. The van der Waals surface area contributed by atoms with Gasteiger partial charge in [-0.15, -0.1) is 0 Å². The first-order valence-corrected chi connectivity index (χ1v) is 9.41. The van der Waals surface area contributed by atoms with Gasteiger partial charge in [0.2, 0.25) is 0 Å². The lowest BCUT2D eigenvalue weighted by Crippen LogP contribution is -2.40. The van der Waals surface area contributed by atoms with E-state index in [4.69, 9.17) is 14.2 Å². The van der Waals surface area contributed by atoms with Crippen LogP contribution in [0.1, 0.15) is 40.2 Å². The van der Waals surface area contributed by atoms with Gasteiger partial charge in [0.1, 0.15) is 0 Å². The number of hydrogen-bond donors (Lipinski definition) is 2. The lowest BCUT2D eigenvalue weighted by molar-refractivity contribution is 0.0310. The molecule has 0 aliphatic rings. The van der Waals surface area contributed by atoms with Gasteiger partial charge in [-0.1, -0.05) is 6.07 Å². The summed E-state index contributed by atoms with van der Waals surface area (Å²) in [5.74, 6) is 2.39. The number of nitrogens with one attached hydrogen (secondary N) is 2. The number of ether oxygens (including phenoxy) is 3. The summed E-state index contributed by atoms with van der Waals surface area (Å²) in [5, 5.41) is 6.63. The molecule has 6 nitrogen and oxygen atoms in total. The van der Waals surface area contributed by atoms with Crippen LogP contribution in [0.4, 0.5) is 0 Å². The molecule has 0 amide bonds. The lowest BCUT2D eigenvalue weighted by atomic mass is 10.1. The van der Waals surface area contributed by atoms with Crippen LogP contribution in [0.5, 0.6) is 11.5 Å². The summed E-state index contributed by atoms with van der Waals surface area (Å²) in [7, 11) is 1.71. The number of methoxy groups -OCH3 is 1. The predicted molar refractivity (Wildman–Crippen MR) is 108 cm³/mol. The molecule has 1 aromatic carbocycles. The minimum atomic E-state index is -0.274. The molecule has 0 saturated carbocycles. The standard InChI is InChI=1S/C20H35N3O3/c1-7-21-19(23-15-20(4,5)24-6)22-13-12-16-10-11-17(25-8-2)18(14-16)26-9-3/h10-11,14H,7-9,12-13,15H2,1-6H3,(H2,21,22,23). The highest BCUT2D eigenvalue weighted by Crippen LogP contribution is 2.28. The van der Waals surface area contributed by atoms with Crippen LogP contribution in [0.2, 0.25) is 0 Å². The molecule has 0 bridgehead atoms. The van der Waals surface area contributed by atoms with Crippen molar-refractivity contribution in [2.45, 2.75) is 46.6 Å². The van der Waals surface area contributed by atoms with E-state index >= 15 is 0 Å². The Bertz CT molecular complexity index is 559. The van der Waals surface area contributed by atoms with Gasteiger partial charge in [-0.2, -0.15) is 0 Å². The summed E-state index contributed by atoms with van der Waals surface area (Å²) in [6.07, 6.45) is 0.866. The van der Waals surface area contributed by atoms with Gasteiger partial charge in [-0.05, 0) is 58.7 Å². The number of nitrogens with zero attached hydrogens (tertiary/aromatic N) is 1. The van der Waals surface area contributed by atoms with Gasteiger partial charge >= 0.3 is 0 Å². The van der Waals surface area contributed by atoms with Crippen LogP contribution in [-0.4, -0.2) is 51.5 Å². The maximum atomic E-state index is 5.69. The van der Waals surface area contributed by atoms with Crippen molar-refractivity contribution in [3.8, 4) is 11.5 Å². The molecule has 0 aromatic heterocycles. The van der Waals surface area contributed by atoms with Crippen molar-refractivity contribution in [1.82, 2.24) is 10.6 Å². The molecule has 0 atom stereocenters. The van der Waals surface area contributed by atoms with E-state index in [9.17, 15) is 0 Å². The van der Waals surface area contributed by atoms with Crippen LogP contribution in [-0.2, 0) is 11.2 Å². The van der Waals surface area contributed by atoms with E-state index in [-0.39, 0.29) is 5.60 Å². The summed E-state index contributed by atoms with van der Waals surface area (Å²) >= 11 is 0. The smallest absolute Gasteiger partial charge is 0.191 e. The second kappa shape index (κ2) is 11.6. The molecule has 0 fully saturated rings. The summed E-state index contributed by atoms with van der Waals surface area (Å²) in [5.41, 5.74) is 0.918. The van der Waals surface area contributed by atoms with E-state index in [1.807, 2.05) is 39.8 Å². The van der Waals surface area contributed by atoms with Crippen molar-refractivity contribution < 1.29 is 14.2 Å². The summed E-state index contributed by atoms with van der Waals surface area (Å²) in [6.45, 7) is 13.5. The van der Waals surface area contributed by atoms with Crippen molar-refractivity contribution in [2.75, 3.05) is 40.0 Å². The molecule has 26 heavy (non-hydrogen) atoms. The van der Waals surface area contributed by atoms with Crippen molar-refractivity contribution >= 4 is 5.96 Å². The highest BCUT2D eigenvalue weighted by Gasteiger charge is 2.15. The van der Waals surface area contributed by atoms with Crippen molar-refractivity contribution in [3.63, 3.8) is 0 Å². The number of aliphatic imine (C=N–C) groups is 1. The lowest BCUT2D eigenvalue weighted by Gasteiger charge is -2.21. The zero-order chi connectivity index (χ0) is 19.4. The minimum absolute atomic E-state index is 0.274. The van der Waals surface area contributed by atoms with Crippen molar-refractivity contribution in [3.05, 3.63) is 23.8 Å². The Balaban J connectivity index is 2.66. The van der Waals surface area contributed by atoms with Crippen LogP contribution in [0.25, 0.3) is 0 Å². The predicted octanol–water partition coefficient (Wildman–Crippen LogP) is 3.01. The zero-order valence-corrected chi connectivity index (χ0v) is 17.1. The van der Waals surface area contributed by atoms with E-state index in [2.05, 4.69) is 28.6 Å². The third kappa shape index (κ3) is 7.95. The third-order valence-corrected chi connectivity index (χ3v) is 3.83. The fourth-order valence-electron chi connectivity index (χ4n) is 2.25. The summed E-state index contributed by atoms with van der Waals surface area (Å²) in [6, 6.07) is 6.10. The van der Waals surface area contributed by atoms with Gasteiger partial charge in [0.15, 0.2) is 17.5 Å². The second-order valence-corrected chi connectivity index (χ2v) is 6.48. The first-order chi connectivity index (χ1) is 12.5. The number of benzene rings is 1. The number of guanidine groups is 1. The van der Waals surface area contributed by atoms with Crippen molar-refractivity contribution in [2.24, 2.45) is 4.99 Å². The Morgan fingerprint density at radius 1 is 1.04 bits per heavy atom. The van der Waals surface area contributed by atoms with Crippen LogP contribution in [0.15, 0.2) is 23.2 Å². The van der Waals surface area contributed by atoms with E-state index < -0.39 is 0 Å². The molecule has 0 heterocycles. The molecule has 0 saturated heterocycles. The first-order valence-electron chi connectivity index (χ1n) is 9.41. The molecule has 6 heteroatoms. The molecular formula is C20H35N3O3. The van der Waals surface area contributed by atoms with E-state index in [0.717, 1.165) is 37.0 Å². The minimum Gasteiger partial charge on any atom is -0.490 e. The maximum Gasteiger partial charge on any atom is 0.191 e. The van der Waals surface area contributed by atoms with Crippen LogP contribution < -0.4 is 20.1 Å². The monoisotopic (exact) mass is 365 g/mol. The SMILES string of the molecule is CCNC(=NCC(C)(C)OC)NCCc1ccc(OCC)c(OCC)c1. The van der Waals surface area contributed by atoms with E-state index in [1.54, 1.807) is 7.11 Å². The molecular weight excluding hydrogens is 330 g/mol. The fraction of sp³-hybridized carbons (Fsp3) is 0.650. The second-order valence-electron chi connectivity index (χ2n) is 6.48. The fourth-order valence-corrected chi connectivity index (χ4v) is 2.25. The Morgan fingerprint density at radius 3 is 2.35 bits per heavy atom. The Labute approximate surface area is 158 Å². The highest BCUT2D eigenvalue weighted by atomic mass is 16.5. The quantitative estimate of drug-likeness (QED) is 0.466. The van der Waals surface area contributed by atoms with Crippen LogP contribution in [0, 0.1) is 0 Å². The molecule has 0 aliphatic heterocycles. The number of rotatable bonds is 11. The normalized spacial score (nSPS) is 12.0. The van der Waals surface area contributed by atoms with Gasteiger partial charge in [-0.25, -0.2) is 0 Å². The maximum absolute atomic E-state index is 5.69. The molecule has 0 spiro atoms. The van der Waals surface area contributed by atoms with Gasteiger partial charge in [-0.3, -0.25) is 4.99 Å². The molecule has 2 N–H and O–H groups in total. The van der Waals surface area contributed by atoms with Gasteiger partial charge in [0.05, 0.1) is 25.4 Å².